The quantitative estimate of drug-likeness (QED) is 0.869. The standard InChI is InChI=1S/C18H22BrN3O2/c1-10(20)14-8-12(19)9-15-16(14)21-17(11-4-6-24-7-5-11)22(18(15)23)13-2-3-13/h8-11,13H,2-7,20H2,1H3/t10-/m1/s1. The van der Waals surface area contributed by atoms with Crippen LogP contribution in [0.5, 0.6) is 0 Å². The molecule has 1 atom stereocenters. The Labute approximate surface area is 149 Å². The zero-order valence-corrected chi connectivity index (χ0v) is 15.4. The zero-order valence-electron chi connectivity index (χ0n) is 13.8. The van der Waals surface area contributed by atoms with Crippen LogP contribution in [0.2, 0.25) is 0 Å². The topological polar surface area (TPSA) is 70.1 Å². The minimum Gasteiger partial charge on any atom is -0.381 e. The monoisotopic (exact) mass is 391 g/mol. The van der Waals surface area contributed by atoms with Gasteiger partial charge in [-0.1, -0.05) is 15.9 Å². The van der Waals surface area contributed by atoms with E-state index in [9.17, 15) is 4.79 Å². The molecule has 1 aliphatic carbocycles. The lowest BCUT2D eigenvalue weighted by atomic mass is 9.98. The maximum Gasteiger partial charge on any atom is 0.261 e. The first kappa shape index (κ1) is 16.2. The largest absolute Gasteiger partial charge is 0.381 e. The van der Waals surface area contributed by atoms with Crippen LogP contribution in [0.15, 0.2) is 21.4 Å². The number of hydrogen-bond acceptors (Lipinski definition) is 4. The highest BCUT2D eigenvalue weighted by Gasteiger charge is 2.32. The van der Waals surface area contributed by atoms with E-state index in [0.717, 1.165) is 60.3 Å². The molecule has 2 aromatic rings. The summed E-state index contributed by atoms with van der Waals surface area (Å²) in [4.78, 5) is 18.2. The van der Waals surface area contributed by atoms with Crippen LogP contribution in [0, 0.1) is 0 Å². The van der Waals surface area contributed by atoms with E-state index in [0.29, 0.717) is 17.3 Å². The lowest BCUT2D eigenvalue weighted by molar-refractivity contribution is 0.0825. The van der Waals surface area contributed by atoms with Crippen molar-refractivity contribution in [3.05, 3.63) is 38.3 Å². The number of benzene rings is 1. The molecule has 2 heterocycles. The van der Waals surface area contributed by atoms with Crippen molar-refractivity contribution in [3.63, 3.8) is 0 Å². The molecule has 1 aromatic carbocycles. The Bertz CT molecular complexity index is 836. The van der Waals surface area contributed by atoms with Crippen molar-refractivity contribution in [2.24, 2.45) is 5.73 Å². The fourth-order valence-corrected chi connectivity index (χ4v) is 4.06. The van der Waals surface area contributed by atoms with Gasteiger partial charge in [0.25, 0.3) is 5.56 Å². The number of fused-ring (bicyclic) bond motifs is 1. The molecule has 0 amide bonds. The summed E-state index contributed by atoms with van der Waals surface area (Å²) in [5, 5.41) is 0.666. The first-order chi connectivity index (χ1) is 11.6. The van der Waals surface area contributed by atoms with Gasteiger partial charge in [-0.05, 0) is 50.3 Å². The van der Waals surface area contributed by atoms with Crippen molar-refractivity contribution in [1.29, 1.82) is 0 Å². The van der Waals surface area contributed by atoms with Crippen LogP contribution in [0.25, 0.3) is 10.9 Å². The van der Waals surface area contributed by atoms with Crippen LogP contribution in [0.3, 0.4) is 0 Å². The Hall–Kier alpha value is -1.24. The van der Waals surface area contributed by atoms with E-state index in [1.165, 1.54) is 0 Å². The number of ether oxygens (including phenoxy) is 1. The third-order valence-corrected chi connectivity index (χ3v) is 5.47. The van der Waals surface area contributed by atoms with Crippen molar-refractivity contribution in [2.75, 3.05) is 13.2 Å². The maximum absolute atomic E-state index is 13.2. The third-order valence-electron chi connectivity index (χ3n) is 5.02. The maximum atomic E-state index is 13.2. The molecule has 1 saturated carbocycles. The van der Waals surface area contributed by atoms with Crippen molar-refractivity contribution in [3.8, 4) is 0 Å². The summed E-state index contributed by atoms with van der Waals surface area (Å²) in [6.07, 6.45) is 3.98. The normalized spacial score (nSPS) is 20.5. The first-order valence-corrected chi connectivity index (χ1v) is 9.44. The summed E-state index contributed by atoms with van der Waals surface area (Å²) in [6, 6.07) is 4.00. The molecule has 128 valence electrons. The van der Waals surface area contributed by atoms with Gasteiger partial charge in [0.05, 0.1) is 10.9 Å². The van der Waals surface area contributed by atoms with Crippen LogP contribution < -0.4 is 11.3 Å². The second-order valence-electron chi connectivity index (χ2n) is 6.94. The lowest BCUT2D eigenvalue weighted by Crippen LogP contribution is -2.29. The van der Waals surface area contributed by atoms with E-state index >= 15 is 0 Å². The van der Waals surface area contributed by atoms with Gasteiger partial charge >= 0.3 is 0 Å². The highest BCUT2D eigenvalue weighted by molar-refractivity contribution is 9.10. The summed E-state index contributed by atoms with van der Waals surface area (Å²) in [5.41, 5.74) is 7.91. The van der Waals surface area contributed by atoms with Gasteiger partial charge in [-0.3, -0.25) is 9.36 Å². The Kier molecular flexibility index (Phi) is 4.22. The summed E-state index contributed by atoms with van der Waals surface area (Å²) in [7, 11) is 0. The van der Waals surface area contributed by atoms with E-state index in [1.807, 2.05) is 23.6 Å². The molecule has 0 bridgehead atoms. The minimum atomic E-state index is -0.170. The van der Waals surface area contributed by atoms with Gasteiger partial charge in [-0.2, -0.15) is 0 Å². The SMILES string of the molecule is C[C@@H](N)c1cc(Br)cc2c(=O)n(C3CC3)c(C3CCOCC3)nc12. The van der Waals surface area contributed by atoms with E-state index in [4.69, 9.17) is 15.5 Å². The van der Waals surface area contributed by atoms with Crippen molar-refractivity contribution in [1.82, 2.24) is 9.55 Å². The average Bonchev–Trinajstić information content (AvgIpc) is 3.40. The highest BCUT2D eigenvalue weighted by atomic mass is 79.9. The van der Waals surface area contributed by atoms with E-state index in [-0.39, 0.29) is 11.6 Å². The number of nitrogens with two attached hydrogens (primary N) is 1. The Morgan fingerprint density at radius 2 is 2.00 bits per heavy atom. The summed E-state index contributed by atoms with van der Waals surface area (Å²) < 4.78 is 8.32. The zero-order chi connectivity index (χ0) is 16.8. The van der Waals surface area contributed by atoms with Crippen LogP contribution in [-0.2, 0) is 4.74 Å². The first-order valence-electron chi connectivity index (χ1n) is 8.65. The van der Waals surface area contributed by atoms with Gasteiger partial charge in [0.15, 0.2) is 0 Å². The summed E-state index contributed by atoms with van der Waals surface area (Å²) in [5.74, 6) is 1.23. The Balaban J connectivity index is 1.99. The molecular formula is C18H22BrN3O2. The number of aromatic nitrogens is 2. The van der Waals surface area contributed by atoms with Gasteiger partial charge in [-0.25, -0.2) is 4.98 Å². The summed E-state index contributed by atoms with van der Waals surface area (Å²) >= 11 is 3.51. The molecule has 24 heavy (non-hydrogen) atoms. The molecule has 2 aliphatic rings. The molecule has 1 aromatic heterocycles. The van der Waals surface area contributed by atoms with Gasteiger partial charge in [0.1, 0.15) is 5.82 Å². The van der Waals surface area contributed by atoms with Gasteiger partial charge in [-0.15, -0.1) is 0 Å². The molecule has 4 rings (SSSR count). The third kappa shape index (κ3) is 2.80. The van der Waals surface area contributed by atoms with Crippen LogP contribution in [0.4, 0.5) is 0 Å². The molecule has 6 heteroatoms. The van der Waals surface area contributed by atoms with Gasteiger partial charge in [0, 0.05) is 35.7 Å². The van der Waals surface area contributed by atoms with Gasteiger partial charge < -0.3 is 10.5 Å². The lowest BCUT2D eigenvalue weighted by Gasteiger charge is -2.25. The van der Waals surface area contributed by atoms with E-state index in [2.05, 4.69) is 15.9 Å². The molecule has 0 radical (unpaired) electrons. The van der Waals surface area contributed by atoms with Crippen molar-refractivity contribution in [2.45, 2.75) is 50.6 Å². The number of hydrogen-bond donors (Lipinski definition) is 1. The molecule has 1 saturated heterocycles. The fraction of sp³-hybridized carbons (Fsp3) is 0.556. The van der Waals surface area contributed by atoms with Crippen molar-refractivity contribution < 1.29 is 4.74 Å². The molecule has 2 N–H and O–H groups in total. The predicted molar refractivity (Wildman–Crippen MR) is 97.4 cm³/mol. The Morgan fingerprint density at radius 3 is 2.62 bits per heavy atom. The highest BCUT2D eigenvalue weighted by Crippen LogP contribution is 2.38. The molecule has 5 nitrogen and oxygen atoms in total. The van der Waals surface area contributed by atoms with Crippen LogP contribution >= 0.6 is 15.9 Å². The van der Waals surface area contributed by atoms with Crippen molar-refractivity contribution >= 4 is 26.8 Å². The number of halogens is 1. The molecule has 2 fully saturated rings. The second kappa shape index (κ2) is 6.24. The fourth-order valence-electron chi connectivity index (χ4n) is 3.59. The molecule has 0 unspecified atom stereocenters. The van der Waals surface area contributed by atoms with Crippen LogP contribution in [-0.4, -0.2) is 22.8 Å². The predicted octanol–water partition coefficient (Wildman–Crippen LogP) is 3.41. The Morgan fingerprint density at radius 1 is 1.29 bits per heavy atom. The average molecular weight is 392 g/mol. The summed E-state index contributed by atoms with van der Waals surface area (Å²) in [6.45, 7) is 3.41. The minimum absolute atomic E-state index is 0.0761. The molecule has 0 spiro atoms. The second-order valence-corrected chi connectivity index (χ2v) is 7.86. The molecular weight excluding hydrogens is 370 g/mol. The number of nitrogens with zero attached hydrogens (tertiary/aromatic N) is 2. The van der Waals surface area contributed by atoms with E-state index in [1.54, 1.807) is 0 Å². The van der Waals surface area contributed by atoms with Gasteiger partial charge in [0.2, 0.25) is 0 Å². The number of rotatable bonds is 3. The van der Waals surface area contributed by atoms with Crippen LogP contribution in [0.1, 0.15) is 62.0 Å². The smallest absolute Gasteiger partial charge is 0.261 e. The molecule has 1 aliphatic heterocycles. The van der Waals surface area contributed by atoms with E-state index < -0.39 is 0 Å².